The standard InChI is InChI=1S/C14H20N2O2/c1-9-7-11(16-10-5-3-4-6-10)8-12(13(9)15)14(17)18-2/h7-8,10,16H,3-6,15H2,1-2H3. The Hall–Kier alpha value is -1.71. The number of nitrogen functional groups attached to an aromatic ring is 1. The Morgan fingerprint density at radius 2 is 2.06 bits per heavy atom. The van der Waals surface area contributed by atoms with E-state index in [1.807, 2.05) is 13.0 Å². The molecule has 1 aliphatic rings. The van der Waals surface area contributed by atoms with E-state index in [0.29, 0.717) is 17.3 Å². The van der Waals surface area contributed by atoms with Gasteiger partial charge in [-0.05, 0) is 37.5 Å². The molecule has 4 nitrogen and oxygen atoms in total. The number of aryl methyl sites for hydroxylation is 1. The summed E-state index contributed by atoms with van der Waals surface area (Å²) in [6.07, 6.45) is 4.93. The zero-order chi connectivity index (χ0) is 13.1. The maximum Gasteiger partial charge on any atom is 0.340 e. The van der Waals surface area contributed by atoms with Crippen molar-refractivity contribution in [1.82, 2.24) is 0 Å². The smallest absolute Gasteiger partial charge is 0.340 e. The molecular weight excluding hydrogens is 228 g/mol. The number of hydrogen-bond acceptors (Lipinski definition) is 4. The van der Waals surface area contributed by atoms with Gasteiger partial charge in [-0.2, -0.15) is 0 Å². The number of methoxy groups -OCH3 is 1. The Morgan fingerprint density at radius 1 is 1.39 bits per heavy atom. The lowest BCUT2D eigenvalue weighted by Crippen LogP contribution is -2.16. The molecule has 0 amide bonds. The molecule has 1 fully saturated rings. The molecule has 0 radical (unpaired) electrons. The lowest BCUT2D eigenvalue weighted by molar-refractivity contribution is 0.0602. The van der Waals surface area contributed by atoms with Gasteiger partial charge in [0.25, 0.3) is 0 Å². The van der Waals surface area contributed by atoms with Crippen molar-refractivity contribution in [1.29, 1.82) is 0 Å². The molecule has 2 rings (SSSR count). The van der Waals surface area contributed by atoms with Crippen LogP contribution in [-0.2, 0) is 4.74 Å². The van der Waals surface area contributed by atoms with Gasteiger partial charge in [-0.15, -0.1) is 0 Å². The molecule has 0 unspecified atom stereocenters. The summed E-state index contributed by atoms with van der Waals surface area (Å²) in [6, 6.07) is 4.28. The number of ether oxygens (including phenoxy) is 1. The molecule has 18 heavy (non-hydrogen) atoms. The molecule has 3 N–H and O–H groups in total. The lowest BCUT2D eigenvalue weighted by atomic mass is 10.1. The predicted octanol–water partition coefficient (Wildman–Crippen LogP) is 2.72. The van der Waals surface area contributed by atoms with Gasteiger partial charge >= 0.3 is 5.97 Å². The van der Waals surface area contributed by atoms with E-state index in [9.17, 15) is 4.79 Å². The van der Waals surface area contributed by atoms with E-state index in [-0.39, 0.29) is 5.97 Å². The Balaban J connectivity index is 2.25. The Labute approximate surface area is 108 Å². The molecule has 1 aliphatic carbocycles. The fourth-order valence-electron chi connectivity index (χ4n) is 2.47. The molecule has 0 heterocycles. The van der Waals surface area contributed by atoms with Crippen LogP contribution in [0.4, 0.5) is 11.4 Å². The number of carbonyl (C=O) groups excluding carboxylic acids is 1. The molecule has 0 atom stereocenters. The molecule has 0 saturated heterocycles. The van der Waals surface area contributed by atoms with Crippen molar-refractivity contribution in [3.05, 3.63) is 23.3 Å². The van der Waals surface area contributed by atoms with Crippen LogP contribution in [-0.4, -0.2) is 19.1 Å². The number of rotatable bonds is 3. The van der Waals surface area contributed by atoms with Gasteiger partial charge in [0.1, 0.15) is 0 Å². The SMILES string of the molecule is COC(=O)c1cc(NC2CCCC2)cc(C)c1N. The van der Waals surface area contributed by atoms with Crippen LogP contribution in [0.2, 0.25) is 0 Å². The van der Waals surface area contributed by atoms with E-state index in [1.54, 1.807) is 6.07 Å². The first-order valence-corrected chi connectivity index (χ1v) is 6.37. The molecule has 1 aromatic carbocycles. The van der Waals surface area contributed by atoms with E-state index in [2.05, 4.69) is 5.32 Å². The fourth-order valence-corrected chi connectivity index (χ4v) is 2.47. The molecule has 0 aliphatic heterocycles. The lowest BCUT2D eigenvalue weighted by Gasteiger charge is -2.16. The minimum absolute atomic E-state index is 0.384. The minimum atomic E-state index is -0.384. The predicted molar refractivity (Wildman–Crippen MR) is 72.8 cm³/mol. The summed E-state index contributed by atoms with van der Waals surface area (Å²) in [5, 5.41) is 3.46. The van der Waals surface area contributed by atoms with Crippen LogP contribution in [0.5, 0.6) is 0 Å². The van der Waals surface area contributed by atoms with Crippen molar-refractivity contribution in [3.63, 3.8) is 0 Å². The number of benzene rings is 1. The summed E-state index contributed by atoms with van der Waals surface area (Å²) in [7, 11) is 1.37. The maximum absolute atomic E-state index is 11.6. The number of hydrogen-bond donors (Lipinski definition) is 2. The summed E-state index contributed by atoms with van der Waals surface area (Å²) in [4.78, 5) is 11.6. The van der Waals surface area contributed by atoms with Gasteiger partial charge in [0, 0.05) is 17.4 Å². The third kappa shape index (κ3) is 2.58. The second-order valence-electron chi connectivity index (χ2n) is 4.87. The highest BCUT2D eigenvalue weighted by molar-refractivity contribution is 5.97. The second kappa shape index (κ2) is 5.29. The highest BCUT2D eigenvalue weighted by Gasteiger charge is 2.17. The van der Waals surface area contributed by atoms with Crippen LogP contribution in [0.25, 0.3) is 0 Å². The molecule has 0 aromatic heterocycles. The average Bonchev–Trinajstić information content (AvgIpc) is 2.85. The summed E-state index contributed by atoms with van der Waals surface area (Å²) >= 11 is 0. The number of nitrogens with two attached hydrogens (primary N) is 1. The highest BCUT2D eigenvalue weighted by Crippen LogP contribution is 2.27. The van der Waals surface area contributed by atoms with E-state index in [1.165, 1.54) is 32.8 Å². The highest BCUT2D eigenvalue weighted by atomic mass is 16.5. The van der Waals surface area contributed by atoms with Crippen molar-refractivity contribution in [2.45, 2.75) is 38.6 Å². The quantitative estimate of drug-likeness (QED) is 0.637. The first-order chi connectivity index (χ1) is 8.61. The van der Waals surface area contributed by atoms with Gasteiger partial charge in [-0.3, -0.25) is 0 Å². The van der Waals surface area contributed by atoms with Crippen molar-refractivity contribution < 1.29 is 9.53 Å². The van der Waals surface area contributed by atoms with E-state index < -0.39 is 0 Å². The van der Waals surface area contributed by atoms with Crippen LogP contribution >= 0.6 is 0 Å². The summed E-state index contributed by atoms with van der Waals surface area (Å²) in [5.41, 5.74) is 8.70. The van der Waals surface area contributed by atoms with Crippen LogP contribution in [0.15, 0.2) is 12.1 Å². The fraction of sp³-hybridized carbons (Fsp3) is 0.500. The van der Waals surface area contributed by atoms with Gasteiger partial charge in [-0.25, -0.2) is 4.79 Å². The monoisotopic (exact) mass is 248 g/mol. The van der Waals surface area contributed by atoms with Gasteiger partial charge in [0.15, 0.2) is 0 Å². The Bertz CT molecular complexity index is 451. The minimum Gasteiger partial charge on any atom is -0.465 e. The molecule has 1 aromatic rings. The molecule has 98 valence electrons. The van der Waals surface area contributed by atoms with E-state index >= 15 is 0 Å². The second-order valence-corrected chi connectivity index (χ2v) is 4.87. The molecular formula is C14H20N2O2. The van der Waals surface area contributed by atoms with Crippen molar-refractivity contribution in [2.24, 2.45) is 0 Å². The first kappa shape index (κ1) is 12.7. The third-order valence-corrected chi connectivity index (χ3v) is 3.52. The maximum atomic E-state index is 11.6. The molecule has 4 heteroatoms. The third-order valence-electron chi connectivity index (χ3n) is 3.52. The molecule has 0 bridgehead atoms. The van der Waals surface area contributed by atoms with Crippen LogP contribution in [0.3, 0.4) is 0 Å². The largest absolute Gasteiger partial charge is 0.465 e. The topological polar surface area (TPSA) is 64.3 Å². The Morgan fingerprint density at radius 3 is 2.67 bits per heavy atom. The number of anilines is 2. The zero-order valence-corrected chi connectivity index (χ0v) is 11.0. The van der Waals surface area contributed by atoms with Crippen LogP contribution in [0.1, 0.15) is 41.6 Å². The van der Waals surface area contributed by atoms with E-state index in [0.717, 1.165) is 11.3 Å². The van der Waals surface area contributed by atoms with Gasteiger partial charge < -0.3 is 15.8 Å². The van der Waals surface area contributed by atoms with Gasteiger partial charge in [0.05, 0.1) is 12.7 Å². The van der Waals surface area contributed by atoms with E-state index in [4.69, 9.17) is 10.5 Å². The number of carbonyl (C=O) groups is 1. The first-order valence-electron chi connectivity index (χ1n) is 6.37. The number of esters is 1. The molecule has 0 spiro atoms. The normalized spacial score (nSPS) is 15.7. The van der Waals surface area contributed by atoms with Crippen LogP contribution in [0, 0.1) is 6.92 Å². The summed E-state index contributed by atoms with van der Waals surface area (Å²) < 4.78 is 4.75. The van der Waals surface area contributed by atoms with Crippen molar-refractivity contribution in [2.75, 3.05) is 18.2 Å². The number of nitrogens with one attached hydrogen (secondary N) is 1. The van der Waals surface area contributed by atoms with Gasteiger partial charge in [-0.1, -0.05) is 12.8 Å². The van der Waals surface area contributed by atoms with Crippen LogP contribution < -0.4 is 11.1 Å². The van der Waals surface area contributed by atoms with Gasteiger partial charge in [0.2, 0.25) is 0 Å². The average molecular weight is 248 g/mol. The zero-order valence-electron chi connectivity index (χ0n) is 11.0. The summed E-state index contributed by atoms with van der Waals surface area (Å²) in [5.74, 6) is -0.384. The van der Waals surface area contributed by atoms with Crippen molar-refractivity contribution >= 4 is 17.3 Å². The van der Waals surface area contributed by atoms with Crippen molar-refractivity contribution in [3.8, 4) is 0 Å². The Kier molecular flexibility index (Phi) is 3.75. The molecule has 1 saturated carbocycles. The summed E-state index contributed by atoms with van der Waals surface area (Å²) in [6.45, 7) is 1.90.